The van der Waals surface area contributed by atoms with E-state index in [9.17, 15) is 13.5 Å². The number of guanidine groups is 1. The maximum absolute atomic E-state index is 12.5. The molecule has 1 aromatic rings. The minimum atomic E-state index is -3.22. The van der Waals surface area contributed by atoms with E-state index >= 15 is 0 Å². The van der Waals surface area contributed by atoms with Gasteiger partial charge >= 0.3 is 0 Å². The second-order valence-electron chi connectivity index (χ2n) is 6.76. The normalized spacial score (nSPS) is 19.0. The second kappa shape index (κ2) is 11.5. The van der Waals surface area contributed by atoms with Gasteiger partial charge in [-0.25, -0.2) is 12.7 Å². The molecular formula is C18H30IN5O3S2. The minimum Gasteiger partial charge on any atom is -0.506 e. The molecule has 0 saturated carbocycles. The maximum Gasteiger partial charge on any atom is 0.215 e. The van der Waals surface area contributed by atoms with Crippen molar-refractivity contribution in [2.24, 2.45) is 4.99 Å². The largest absolute Gasteiger partial charge is 0.506 e. The molecule has 29 heavy (non-hydrogen) atoms. The summed E-state index contributed by atoms with van der Waals surface area (Å²) in [7, 11) is -1.50. The molecule has 0 unspecified atom stereocenters. The van der Waals surface area contributed by atoms with E-state index in [0.717, 1.165) is 49.3 Å². The number of phenolic OH excluding ortho intramolecular Hbond substituents is 1. The number of thioether (sulfide) groups is 1. The van der Waals surface area contributed by atoms with Gasteiger partial charge in [0.15, 0.2) is 5.96 Å². The number of benzene rings is 1. The van der Waals surface area contributed by atoms with Gasteiger partial charge in [0.1, 0.15) is 5.75 Å². The van der Waals surface area contributed by atoms with Crippen LogP contribution in [0.4, 0.5) is 5.69 Å². The Bertz CT molecular complexity index is 779. The molecule has 0 bridgehead atoms. The van der Waals surface area contributed by atoms with Gasteiger partial charge in [-0.1, -0.05) is 12.1 Å². The average molecular weight is 556 g/mol. The lowest BCUT2D eigenvalue weighted by Gasteiger charge is -2.37. The molecule has 2 N–H and O–H groups in total. The lowest BCUT2D eigenvalue weighted by Crippen LogP contribution is -2.53. The number of sulfonamides is 1. The predicted octanol–water partition coefficient (Wildman–Crippen LogP) is 1.09. The van der Waals surface area contributed by atoms with Crippen LogP contribution in [0, 0.1) is 0 Å². The molecule has 0 spiro atoms. The third kappa shape index (κ3) is 6.53. The van der Waals surface area contributed by atoms with E-state index in [1.165, 1.54) is 0 Å². The Balaban J connectivity index is 0.00000300. The number of halogens is 1. The number of phenols is 1. The van der Waals surface area contributed by atoms with Crippen LogP contribution in [0.1, 0.15) is 0 Å². The van der Waals surface area contributed by atoms with Gasteiger partial charge in [0, 0.05) is 64.4 Å². The molecular weight excluding hydrogens is 525 g/mol. The SMILES string of the molecule is CN=C(NCCS(=O)(=O)N1CCSCC1)N1CCN(c2ccccc2O)CC1.I. The molecule has 0 amide bonds. The summed E-state index contributed by atoms with van der Waals surface area (Å²) in [4.78, 5) is 8.59. The Labute approximate surface area is 194 Å². The first-order valence-corrected chi connectivity index (χ1v) is 12.3. The zero-order valence-electron chi connectivity index (χ0n) is 16.7. The molecule has 8 nitrogen and oxygen atoms in total. The van der Waals surface area contributed by atoms with Gasteiger partial charge in [0.2, 0.25) is 10.0 Å². The van der Waals surface area contributed by atoms with Crippen LogP contribution in [-0.4, -0.2) is 98.8 Å². The molecule has 11 heteroatoms. The quantitative estimate of drug-likeness (QED) is 0.320. The van der Waals surface area contributed by atoms with Crippen LogP contribution in [0.2, 0.25) is 0 Å². The molecule has 2 saturated heterocycles. The van der Waals surface area contributed by atoms with Crippen molar-refractivity contribution in [3.05, 3.63) is 24.3 Å². The van der Waals surface area contributed by atoms with Crippen molar-refractivity contribution in [1.29, 1.82) is 0 Å². The van der Waals surface area contributed by atoms with Gasteiger partial charge in [0.25, 0.3) is 0 Å². The Morgan fingerprint density at radius 2 is 1.79 bits per heavy atom. The van der Waals surface area contributed by atoms with Crippen molar-refractivity contribution in [3.63, 3.8) is 0 Å². The van der Waals surface area contributed by atoms with E-state index in [4.69, 9.17) is 0 Å². The molecule has 0 aliphatic carbocycles. The highest BCUT2D eigenvalue weighted by Crippen LogP contribution is 2.27. The summed E-state index contributed by atoms with van der Waals surface area (Å²) < 4.78 is 26.5. The highest BCUT2D eigenvalue weighted by atomic mass is 127. The topological polar surface area (TPSA) is 88.5 Å². The molecule has 2 heterocycles. The average Bonchev–Trinajstić information content (AvgIpc) is 2.72. The number of para-hydroxylation sites is 2. The summed E-state index contributed by atoms with van der Waals surface area (Å²) in [6, 6.07) is 7.35. The number of anilines is 1. The molecule has 0 aromatic heterocycles. The summed E-state index contributed by atoms with van der Waals surface area (Å²) in [5, 5.41) is 13.2. The van der Waals surface area contributed by atoms with Gasteiger partial charge in [-0.3, -0.25) is 4.99 Å². The summed E-state index contributed by atoms with van der Waals surface area (Å²) in [6.07, 6.45) is 0. The van der Waals surface area contributed by atoms with Crippen LogP contribution in [-0.2, 0) is 10.0 Å². The van der Waals surface area contributed by atoms with Crippen LogP contribution in [0.3, 0.4) is 0 Å². The Hall–Kier alpha value is -0.920. The zero-order valence-corrected chi connectivity index (χ0v) is 20.6. The van der Waals surface area contributed by atoms with Crippen LogP contribution in [0.5, 0.6) is 5.75 Å². The van der Waals surface area contributed by atoms with E-state index in [-0.39, 0.29) is 29.7 Å². The standard InChI is InChI=1S/C18H29N5O3S2.HI/c1-19-18(20-6-15-28(25,26)23-11-13-27-14-12-23)22-9-7-21(8-10-22)16-4-2-3-5-17(16)24;/h2-5,24H,6-15H2,1H3,(H,19,20);1H. The molecule has 0 atom stereocenters. The third-order valence-electron chi connectivity index (χ3n) is 5.02. The van der Waals surface area contributed by atoms with E-state index in [1.54, 1.807) is 29.2 Å². The fourth-order valence-corrected chi connectivity index (χ4v) is 5.96. The lowest BCUT2D eigenvalue weighted by atomic mass is 10.2. The molecule has 1 aromatic carbocycles. The fourth-order valence-electron chi connectivity index (χ4n) is 3.47. The first-order chi connectivity index (χ1) is 13.5. The first kappa shape index (κ1) is 24.4. The molecule has 2 aliphatic heterocycles. The van der Waals surface area contributed by atoms with Gasteiger partial charge in [-0.15, -0.1) is 24.0 Å². The van der Waals surface area contributed by atoms with Crippen LogP contribution in [0.15, 0.2) is 29.3 Å². The van der Waals surface area contributed by atoms with Gasteiger partial charge in [0.05, 0.1) is 11.4 Å². The van der Waals surface area contributed by atoms with Crippen LogP contribution < -0.4 is 10.2 Å². The number of nitrogens with zero attached hydrogens (tertiary/aromatic N) is 4. The molecule has 164 valence electrons. The summed E-state index contributed by atoms with van der Waals surface area (Å²) in [5.41, 5.74) is 0.843. The Morgan fingerprint density at radius 1 is 1.14 bits per heavy atom. The number of piperazine rings is 1. The number of aromatic hydroxyl groups is 1. The summed E-state index contributed by atoms with van der Waals surface area (Å²) in [5.74, 6) is 2.83. The van der Waals surface area contributed by atoms with Crippen molar-refractivity contribution >= 4 is 57.4 Å². The third-order valence-corrected chi connectivity index (χ3v) is 7.83. The van der Waals surface area contributed by atoms with Gasteiger partial charge in [-0.2, -0.15) is 11.8 Å². The van der Waals surface area contributed by atoms with Crippen LogP contribution in [0.25, 0.3) is 0 Å². The van der Waals surface area contributed by atoms with E-state index in [0.29, 0.717) is 25.4 Å². The number of aliphatic imine (C=N–C) groups is 1. The van der Waals surface area contributed by atoms with Crippen molar-refractivity contribution in [2.75, 3.05) is 75.0 Å². The van der Waals surface area contributed by atoms with Crippen molar-refractivity contribution in [2.45, 2.75) is 0 Å². The van der Waals surface area contributed by atoms with Crippen molar-refractivity contribution in [3.8, 4) is 5.75 Å². The number of hydrogen-bond donors (Lipinski definition) is 2. The molecule has 2 aliphatic rings. The van der Waals surface area contributed by atoms with E-state index in [2.05, 4.69) is 20.1 Å². The zero-order chi connectivity index (χ0) is 20.0. The van der Waals surface area contributed by atoms with Gasteiger partial charge < -0.3 is 20.2 Å². The summed E-state index contributed by atoms with van der Waals surface area (Å²) >= 11 is 1.80. The lowest BCUT2D eigenvalue weighted by molar-refractivity contribution is 0.370. The first-order valence-electron chi connectivity index (χ1n) is 9.55. The fraction of sp³-hybridized carbons (Fsp3) is 0.611. The highest BCUT2D eigenvalue weighted by Gasteiger charge is 2.25. The number of hydrogen-bond acceptors (Lipinski definition) is 6. The second-order valence-corrected chi connectivity index (χ2v) is 10.1. The number of nitrogens with one attached hydrogen (secondary N) is 1. The van der Waals surface area contributed by atoms with E-state index < -0.39 is 10.0 Å². The highest BCUT2D eigenvalue weighted by molar-refractivity contribution is 14.0. The van der Waals surface area contributed by atoms with E-state index in [1.807, 2.05) is 18.2 Å². The smallest absolute Gasteiger partial charge is 0.215 e. The van der Waals surface area contributed by atoms with Crippen LogP contribution >= 0.6 is 35.7 Å². The van der Waals surface area contributed by atoms with Gasteiger partial charge in [-0.05, 0) is 12.1 Å². The van der Waals surface area contributed by atoms with Crippen molar-refractivity contribution in [1.82, 2.24) is 14.5 Å². The summed E-state index contributed by atoms with van der Waals surface area (Å²) in [6.45, 7) is 4.60. The molecule has 0 radical (unpaired) electrons. The number of rotatable bonds is 5. The maximum atomic E-state index is 12.5. The predicted molar refractivity (Wildman–Crippen MR) is 131 cm³/mol. The Kier molecular flexibility index (Phi) is 9.63. The molecule has 3 rings (SSSR count). The van der Waals surface area contributed by atoms with Crippen molar-refractivity contribution < 1.29 is 13.5 Å². The Morgan fingerprint density at radius 3 is 2.41 bits per heavy atom. The monoisotopic (exact) mass is 555 g/mol. The molecule has 2 fully saturated rings. The minimum absolute atomic E-state index is 0.